The zero-order valence-electron chi connectivity index (χ0n) is 12.4. The van der Waals surface area contributed by atoms with E-state index in [1.165, 1.54) is 5.69 Å². The molecule has 1 aliphatic carbocycles. The van der Waals surface area contributed by atoms with Gasteiger partial charge in [0.25, 0.3) is 0 Å². The van der Waals surface area contributed by atoms with Crippen LogP contribution < -0.4 is 5.32 Å². The molecule has 1 aromatic carbocycles. The Bertz CT molecular complexity index is 703. The maximum absolute atomic E-state index is 12.1. The summed E-state index contributed by atoms with van der Waals surface area (Å²) in [5.41, 5.74) is 3.31. The fourth-order valence-corrected chi connectivity index (χ4v) is 2.95. The molecular formula is C17H18ClN3O. The largest absolute Gasteiger partial charge is 0.346 e. The number of benzene rings is 1. The number of hydrogen-bond acceptors (Lipinski definition) is 2. The highest BCUT2D eigenvalue weighted by atomic mass is 35.5. The summed E-state index contributed by atoms with van der Waals surface area (Å²) in [5.74, 6) is -0.0864. The second-order valence-electron chi connectivity index (χ2n) is 5.51. The molecule has 2 aromatic rings. The lowest BCUT2D eigenvalue weighted by Gasteiger charge is -2.23. The molecule has 1 N–H and O–H groups in total. The zero-order valence-corrected chi connectivity index (χ0v) is 13.2. The van der Waals surface area contributed by atoms with Crippen LogP contribution in [-0.4, -0.2) is 15.7 Å². The van der Waals surface area contributed by atoms with E-state index in [1.54, 1.807) is 12.2 Å². The molecule has 1 heterocycles. The molecule has 1 atom stereocenters. The van der Waals surface area contributed by atoms with Gasteiger partial charge in [-0.25, -0.2) is 0 Å². The van der Waals surface area contributed by atoms with E-state index in [0.717, 1.165) is 30.4 Å². The number of halogens is 1. The first-order valence-electron chi connectivity index (χ1n) is 7.38. The van der Waals surface area contributed by atoms with Gasteiger partial charge in [0, 0.05) is 29.4 Å². The summed E-state index contributed by atoms with van der Waals surface area (Å²) < 4.78 is 1.90. The third kappa shape index (κ3) is 3.22. The van der Waals surface area contributed by atoms with Crippen LogP contribution in [0.15, 0.2) is 36.5 Å². The van der Waals surface area contributed by atoms with E-state index >= 15 is 0 Å². The van der Waals surface area contributed by atoms with Crippen molar-refractivity contribution in [2.24, 2.45) is 7.05 Å². The quantitative estimate of drug-likeness (QED) is 0.884. The number of aryl methyl sites for hydroxylation is 1. The predicted molar refractivity (Wildman–Crippen MR) is 87.5 cm³/mol. The summed E-state index contributed by atoms with van der Waals surface area (Å²) >= 11 is 5.84. The molecule has 3 rings (SSSR count). The monoisotopic (exact) mass is 315 g/mol. The van der Waals surface area contributed by atoms with Gasteiger partial charge in [0.2, 0.25) is 5.91 Å². The zero-order chi connectivity index (χ0) is 15.5. The number of nitrogens with zero attached hydrogens (tertiary/aromatic N) is 2. The van der Waals surface area contributed by atoms with E-state index in [9.17, 15) is 4.79 Å². The van der Waals surface area contributed by atoms with Crippen LogP contribution in [0.2, 0.25) is 5.02 Å². The van der Waals surface area contributed by atoms with Gasteiger partial charge < -0.3 is 5.32 Å². The summed E-state index contributed by atoms with van der Waals surface area (Å²) in [6.45, 7) is 0. The molecule has 0 saturated carbocycles. The number of fused-ring (bicyclic) bond motifs is 1. The van der Waals surface area contributed by atoms with Crippen molar-refractivity contribution in [2.45, 2.75) is 25.3 Å². The predicted octanol–water partition coefficient (Wildman–Crippen LogP) is 3.28. The topological polar surface area (TPSA) is 46.9 Å². The van der Waals surface area contributed by atoms with Crippen molar-refractivity contribution in [3.05, 3.63) is 58.4 Å². The van der Waals surface area contributed by atoms with Crippen molar-refractivity contribution in [2.75, 3.05) is 0 Å². The lowest BCUT2D eigenvalue weighted by molar-refractivity contribution is -0.117. The van der Waals surface area contributed by atoms with Gasteiger partial charge >= 0.3 is 0 Å². The lowest BCUT2D eigenvalue weighted by atomic mass is 9.93. The third-order valence-corrected chi connectivity index (χ3v) is 4.24. The van der Waals surface area contributed by atoms with E-state index in [4.69, 9.17) is 11.6 Å². The second-order valence-corrected chi connectivity index (χ2v) is 5.94. The number of aromatic nitrogens is 2. The highest BCUT2D eigenvalue weighted by molar-refractivity contribution is 6.30. The summed E-state index contributed by atoms with van der Waals surface area (Å²) in [7, 11) is 1.95. The Morgan fingerprint density at radius 3 is 2.95 bits per heavy atom. The maximum atomic E-state index is 12.1. The van der Waals surface area contributed by atoms with Crippen molar-refractivity contribution in [1.29, 1.82) is 0 Å². The maximum Gasteiger partial charge on any atom is 0.244 e. The van der Waals surface area contributed by atoms with Gasteiger partial charge in [-0.1, -0.05) is 23.7 Å². The molecule has 0 fully saturated rings. The lowest BCUT2D eigenvalue weighted by Crippen LogP contribution is -2.29. The van der Waals surface area contributed by atoms with Crippen LogP contribution in [0.3, 0.4) is 0 Å². The highest BCUT2D eigenvalue weighted by Crippen LogP contribution is 2.29. The Hall–Kier alpha value is -2.07. The van der Waals surface area contributed by atoms with Crippen LogP contribution in [0, 0.1) is 0 Å². The summed E-state index contributed by atoms with van der Waals surface area (Å²) in [5, 5.41) is 8.05. The normalized spacial score (nSPS) is 17.5. The van der Waals surface area contributed by atoms with E-state index < -0.39 is 0 Å². The van der Waals surface area contributed by atoms with Gasteiger partial charge in [-0.15, -0.1) is 0 Å². The molecule has 1 aromatic heterocycles. The molecule has 114 valence electrons. The molecule has 0 aliphatic heterocycles. The number of nitrogens with one attached hydrogen (secondary N) is 1. The van der Waals surface area contributed by atoms with E-state index in [-0.39, 0.29) is 11.9 Å². The minimum atomic E-state index is -0.0864. The number of carbonyl (C=O) groups is 1. The van der Waals surface area contributed by atoms with Crippen LogP contribution in [0.1, 0.15) is 35.7 Å². The van der Waals surface area contributed by atoms with E-state index in [0.29, 0.717) is 5.02 Å². The fraction of sp³-hybridized carbons (Fsp3) is 0.294. The van der Waals surface area contributed by atoms with Gasteiger partial charge in [0.15, 0.2) is 0 Å². The summed E-state index contributed by atoms with van der Waals surface area (Å²) in [6, 6.07) is 7.43. The molecular weight excluding hydrogens is 298 g/mol. The van der Waals surface area contributed by atoms with Gasteiger partial charge in [0.05, 0.1) is 12.2 Å². The van der Waals surface area contributed by atoms with Crippen LogP contribution >= 0.6 is 11.6 Å². The number of rotatable bonds is 3. The van der Waals surface area contributed by atoms with Crippen LogP contribution in [0.5, 0.6) is 0 Å². The molecule has 0 radical (unpaired) electrons. The van der Waals surface area contributed by atoms with Gasteiger partial charge in [-0.05, 0) is 43.0 Å². The molecule has 4 nitrogen and oxygen atoms in total. The fourth-order valence-electron chi connectivity index (χ4n) is 2.82. The summed E-state index contributed by atoms with van der Waals surface area (Å²) in [6.07, 6.45) is 8.27. The number of carbonyl (C=O) groups excluding carboxylic acids is 1. The number of amides is 1. The van der Waals surface area contributed by atoms with E-state index in [2.05, 4.69) is 10.4 Å². The molecule has 0 saturated heterocycles. The summed E-state index contributed by atoms with van der Waals surface area (Å²) in [4.78, 5) is 12.1. The minimum absolute atomic E-state index is 0.0554. The Morgan fingerprint density at radius 2 is 2.18 bits per heavy atom. The van der Waals surface area contributed by atoms with Crippen molar-refractivity contribution in [3.8, 4) is 0 Å². The Morgan fingerprint density at radius 1 is 1.41 bits per heavy atom. The smallest absolute Gasteiger partial charge is 0.244 e. The first-order valence-corrected chi connectivity index (χ1v) is 7.76. The van der Waals surface area contributed by atoms with Crippen molar-refractivity contribution in [3.63, 3.8) is 0 Å². The Kier molecular flexibility index (Phi) is 4.29. The molecule has 1 amide bonds. The van der Waals surface area contributed by atoms with Crippen molar-refractivity contribution < 1.29 is 4.79 Å². The molecule has 22 heavy (non-hydrogen) atoms. The Balaban J connectivity index is 1.66. The molecule has 1 unspecified atom stereocenters. The van der Waals surface area contributed by atoms with Gasteiger partial charge in [0.1, 0.15) is 0 Å². The molecule has 1 aliphatic rings. The third-order valence-electron chi connectivity index (χ3n) is 3.99. The molecule has 5 heteroatoms. The van der Waals surface area contributed by atoms with Crippen LogP contribution in [0.4, 0.5) is 0 Å². The SMILES string of the molecule is Cn1ncc2c1CCCC2NC(=O)/C=C/c1ccc(Cl)cc1. The number of hydrogen-bond donors (Lipinski definition) is 1. The Labute approximate surface area is 134 Å². The van der Waals surface area contributed by atoms with Gasteiger partial charge in [-0.2, -0.15) is 5.10 Å². The van der Waals surface area contributed by atoms with Crippen molar-refractivity contribution in [1.82, 2.24) is 15.1 Å². The first kappa shape index (κ1) is 14.9. The molecule has 0 bridgehead atoms. The second kappa shape index (κ2) is 6.36. The average molecular weight is 316 g/mol. The molecule has 0 spiro atoms. The first-order chi connectivity index (χ1) is 10.6. The van der Waals surface area contributed by atoms with Gasteiger partial charge in [-0.3, -0.25) is 9.48 Å². The van der Waals surface area contributed by atoms with Crippen LogP contribution in [0.25, 0.3) is 6.08 Å². The minimum Gasteiger partial charge on any atom is -0.346 e. The average Bonchev–Trinajstić information content (AvgIpc) is 2.90. The standard InChI is InChI=1S/C17H18ClN3O/c1-21-16-4-2-3-15(14(16)11-19-21)20-17(22)10-7-12-5-8-13(18)9-6-12/h5-11,15H,2-4H2,1H3,(H,20,22)/b10-7+. The van der Waals surface area contributed by atoms with Crippen LogP contribution in [-0.2, 0) is 18.3 Å². The highest BCUT2D eigenvalue weighted by Gasteiger charge is 2.23. The van der Waals surface area contributed by atoms with Crippen molar-refractivity contribution >= 4 is 23.6 Å². The van der Waals surface area contributed by atoms with E-state index in [1.807, 2.05) is 42.2 Å².